The molecule has 0 spiro atoms. The zero-order valence-electron chi connectivity index (χ0n) is 23.9. The number of ether oxygens (including phenoxy) is 6. The van der Waals surface area contributed by atoms with E-state index in [9.17, 15) is 0 Å². The van der Waals surface area contributed by atoms with E-state index in [-0.39, 0.29) is 0 Å². The van der Waals surface area contributed by atoms with Crippen LogP contribution in [0.5, 0.6) is 34.5 Å². The molecule has 9 rings (SSSR count). The van der Waals surface area contributed by atoms with Gasteiger partial charge >= 0.3 is 0 Å². The second kappa shape index (κ2) is 10.3. The number of thiophene rings is 3. The van der Waals surface area contributed by atoms with Crippen molar-refractivity contribution in [3.8, 4) is 65.8 Å². The Kier molecular flexibility index (Phi) is 6.04. The molecule has 46 heavy (non-hydrogen) atoms. The van der Waals surface area contributed by atoms with Crippen LogP contribution in [0, 0.1) is 0 Å². The van der Waals surface area contributed by atoms with Gasteiger partial charge in [-0.05, 0) is 72.8 Å². The Labute approximate surface area is 275 Å². The van der Waals surface area contributed by atoms with Crippen LogP contribution >= 0.6 is 34.0 Å². The summed E-state index contributed by atoms with van der Waals surface area (Å²) in [7, 11) is 0. The molecule has 3 aliphatic rings. The van der Waals surface area contributed by atoms with E-state index in [2.05, 4.69) is 97.4 Å². The van der Waals surface area contributed by atoms with E-state index in [4.69, 9.17) is 28.4 Å². The van der Waals surface area contributed by atoms with Crippen molar-refractivity contribution in [1.29, 1.82) is 0 Å². The average Bonchev–Trinajstić information content (AvgIpc) is 3.90. The molecule has 0 atom stereocenters. The first-order chi connectivity index (χ1) is 22.5. The van der Waals surface area contributed by atoms with Crippen LogP contribution in [0.2, 0.25) is 0 Å². The van der Waals surface area contributed by atoms with Gasteiger partial charge in [0.1, 0.15) is 0 Å². The van der Waals surface area contributed by atoms with Gasteiger partial charge in [-0.3, -0.25) is 0 Å². The zero-order valence-corrected chi connectivity index (χ0v) is 26.4. The molecular formula is C36H21NO6S3. The predicted octanol–water partition coefficient (Wildman–Crippen LogP) is 11.1. The highest BCUT2D eigenvalue weighted by molar-refractivity contribution is 7.15. The Balaban J connectivity index is 1.08. The van der Waals surface area contributed by atoms with Crippen LogP contribution in [0.25, 0.3) is 31.3 Å². The van der Waals surface area contributed by atoms with Gasteiger partial charge in [-0.1, -0.05) is 36.4 Å². The maximum Gasteiger partial charge on any atom is 0.282 e. The van der Waals surface area contributed by atoms with Gasteiger partial charge in [-0.25, -0.2) is 0 Å². The molecule has 3 aromatic heterocycles. The van der Waals surface area contributed by atoms with Crippen LogP contribution in [0.3, 0.4) is 0 Å². The summed E-state index contributed by atoms with van der Waals surface area (Å²) in [5, 5.41) is 5.83. The number of rotatable bonds is 6. The van der Waals surface area contributed by atoms with Crippen LogP contribution in [-0.2, 0) is 0 Å². The van der Waals surface area contributed by atoms with Gasteiger partial charge in [0.05, 0.1) is 14.6 Å². The average molecular weight is 660 g/mol. The van der Waals surface area contributed by atoms with Crippen LogP contribution in [-0.4, -0.2) is 0 Å². The number of fused-ring (bicyclic) bond motifs is 3. The van der Waals surface area contributed by atoms with Gasteiger partial charge in [0.2, 0.25) is 0 Å². The van der Waals surface area contributed by atoms with Crippen molar-refractivity contribution in [2.75, 3.05) is 4.90 Å². The minimum atomic E-state index is 0.293. The third kappa shape index (κ3) is 4.38. The molecular weight excluding hydrogens is 639 g/mol. The fourth-order valence-electron chi connectivity index (χ4n) is 5.60. The Hall–Kier alpha value is -5.42. The van der Waals surface area contributed by atoms with Crippen molar-refractivity contribution in [2.45, 2.75) is 0 Å². The van der Waals surface area contributed by atoms with E-state index in [1.54, 1.807) is 34.0 Å². The van der Waals surface area contributed by atoms with Crippen LogP contribution < -0.4 is 33.3 Å². The Bertz CT molecular complexity index is 1960. The third-order valence-corrected chi connectivity index (χ3v) is 10.6. The molecule has 0 saturated carbocycles. The Morgan fingerprint density at radius 2 is 0.674 bits per heavy atom. The molecule has 0 amide bonds. The molecule has 0 radical (unpaired) electrons. The van der Waals surface area contributed by atoms with Gasteiger partial charge < -0.3 is 33.3 Å². The van der Waals surface area contributed by atoms with Crippen molar-refractivity contribution < 1.29 is 28.4 Å². The minimum Gasteiger partial charge on any atom is -0.421 e. The molecule has 0 fully saturated rings. The first kappa shape index (κ1) is 26.9. The normalized spacial score (nSPS) is 14.0. The summed E-state index contributed by atoms with van der Waals surface area (Å²) in [5.74, 6) is 5.11. The van der Waals surface area contributed by atoms with Crippen molar-refractivity contribution in [1.82, 2.24) is 0 Å². The number of nitrogens with zero attached hydrogens (tertiary/aromatic N) is 1. The topological polar surface area (TPSA) is 58.6 Å². The summed E-state index contributed by atoms with van der Waals surface area (Å²) >= 11 is 4.74. The number of hydrogen-bond donors (Lipinski definition) is 0. The van der Waals surface area contributed by atoms with Crippen molar-refractivity contribution >= 4 is 51.1 Å². The first-order valence-corrected chi connectivity index (χ1v) is 16.7. The largest absolute Gasteiger partial charge is 0.421 e. The van der Waals surface area contributed by atoms with Gasteiger partial charge in [0.15, 0.2) is 34.5 Å². The maximum absolute atomic E-state index is 5.74. The number of anilines is 3. The zero-order chi connectivity index (χ0) is 30.9. The fourth-order valence-corrected chi connectivity index (χ4v) is 8.30. The molecule has 0 bridgehead atoms. The maximum atomic E-state index is 5.74. The van der Waals surface area contributed by atoms with E-state index < -0.39 is 0 Å². The molecule has 10 heteroatoms. The van der Waals surface area contributed by atoms with Crippen molar-refractivity contribution in [3.63, 3.8) is 0 Å². The molecule has 3 aliphatic heterocycles. The van der Waals surface area contributed by atoms with E-state index in [0.717, 1.165) is 48.4 Å². The SMILES string of the molecule is C=C1Oc2csc(-c3ccc(N(c4ccc(-c5scc6c5OC(=C)O6)cc4)c4ccc(-c5scc6c5OC(=C)O6)cc4)cc3)c2O1. The van der Waals surface area contributed by atoms with Gasteiger partial charge in [-0.2, -0.15) is 0 Å². The number of benzene rings is 3. The van der Waals surface area contributed by atoms with E-state index in [1.165, 1.54) is 0 Å². The van der Waals surface area contributed by atoms with Crippen LogP contribution in [0.15, 0.2) is 127 Å². The second-order valence-corrected chi connectivity index (χ2v) is 13.1. The molecule has 0 aliphatic carbocycles. The highest BCUT2D eigenvalue weighted by Gasteiger charge is 2.27. The van der Waals surface area contributed by atoms with Crippen LogP contribution in [0.1, 0.15) is 0 Å². The van der Waals surface area contributed by atoms with Crippen LogP contribution in [0.4, 0.5) is 17.1 Å². The highest BCUT2D eigenvalue weighted by atomic mass is 32.1. The third-order valence-electron chi connectivity index (χ3n) is 7.62. The molecule has 7 nitrogen and oxygen atoms in total. The van der Waals surface area contributed by atoms with Gasteiger partial charge in [-0.15, -0.1) is 34.0 Å². The smallest absolute Gasteiger partial charge is 0.282 e. The quantitative estimate of drug-likeness (QED) is 0.176. The van der Waals surface area contributed by atoms with Crippen molar-refractivity contribution in [3.05, 3.63) is 127 Å². The lowest BCUT2D eigenvalue weighted by Gasteiger charge is -2.26. The van der Waals surface area contributed by atoms with E-state index in [0.29, 0.717) is 52.3 Å². The summed E-state index contributed by atoms with van der Waals surface area (Å²) in [6.45, 7) is 11.4. The predicted molar refractivity (Wildman–Crippen MR) is 182 cm³/mol. The summed E-state index contributed by atoms with van der Waals surface area (Å²) in [5.41, 5.74) is 6.08. The molecule has 0 saturated heterocycles. The second-order valence-electron chi connectivity index (χ2n) is 10.5. The summed E-state index contributed by atoms with van der Waals surface area (Å²) < 4.78 is 33.9. The standard InChI is InChI=1S/C36H21NO6S3/c1-19-38-28-16-44-34(31(28)41-19)22-4-10-25(11-5-22)37(26-12-6-23(7-13-26)35-32-29(17-45-35)39-20(2)42-32)27-14-8-24(9-15-27)36-33-30(18-46-36)40-21(3)43-33/h4-18H,1-3H2. The molecule has 6 heterocycles. The lowest BCUT2D eigenvalue weighted by molar-refractivity contribution is 0.290. The Morgan fingerprint density at radius 3 is 0.957 bits per heavy atom. The molecule has 0 N–H and O–H groups in total. The number of hydrogen-bond acceptors (Lipinski definition) is 10. The lowest BCUT2D eigenvalue weighted by Crippen LogP contribution is -2.09. The lowest BCUT2D eigenvalue weighted by atomic mass is 10.1. The van der Waals surface area contributed by atoms with Gasteiger partial charge in [0, 0.05) is 33.2 Å². The molecule has 3 aromatic carbocycles. The minimum absolute atomic E-state index is 0.293. The van der Waals surface area contributed by atoms with Gasteiger partial charge in [0.25, 0.3) is 17.8 Å². The molecule has 6 aromatic rings. The Morgan fingerprint density at radius 1 is 0.391 bits per heavy atom. The first-order valence-electron chi connectivity index (χ1n) is 14.1. The summed E-state index contributed by atoms with van der Waals surface area (Å²) in [4.78, 5) is 5.21. The molecule has 224 valence electrons. The molecule has 0 unspecified atom stereocenters. The fraction of sp³-hybridized carbons (Fsp3) is 0. The van der Waals surface area contributed by atoms with Crippen molar-refractivity contribution in [2.24, 2.45) is 0 Å². The summed E-state index contributed by atoms with van der Waals surface area (Å²) in [6, 6.07) is 25.2. The monoisotopic (exact) mass is 659 g/mol. The summed E-state index contributed by atoms with van der Waals surface area (Å²) in [6.07, 6.45) is 0. The van der Waals surface area contributed by atoms with E-state index in [1.807, 2.05) is 16.1 Å². The van der Waals surface area contributed by atoms with E-state index >= 15 is 0 Å². The highest BCUT2D eigenvalue weighted by Crippen LogP contribution is 2.52.